The summed E-state index contributed by atoms with van der Waals surface area (Å²) in [5.41, 5.74) is 1.96. The lowest BCUT2D eigenvalue weighted by Gasteiger charge is -2.28. The monoisotopic (exact) mass is 395 g/mol. The highest BCUT2D eigenvalue weighted by Crippen LogP contribution is 2.33. The molecule has 1 aliphatic heterocycles. The molecule has 0 saturated carbocycles. The molecular formula is C19H22FNO5S. The standard InChI is InChI=1S/C19H22FNO5S/c1-24-18-11-14-7-8-21(13-15(14)12-19(18)25-2)27(22,23)10-9-26-17-5-3-16(20)4-6-17/h3-6,11-12H,7-10,13H2,1-2H3. The Labute approximate surface area is 158 Å². The van der Waals surface area contributed by atoms with Gasteiger partial charge in [0.1, 0.15) is 18.2 Å². The van der Waals surface area contributed by atoms with Crippen LogP contribution in [-0.2, 0) is 23.0 Å². The van der Waals surface area contributed by atoms with Crippen molar-refractivity contribution in [2.24, 2.45) is 0 Å². The fourth-order valence-electron chi connectivity index (χ4n) is 3.02. The molecule has 1 aliphatic rings. The summed E-state index contributed by atoms with van der Waals surface area (Å²) in [4.78, 5) is 0. The summed E-state index contributed by atoms with van der Waals surface area (Å²) < 4.78 is 55.7. The van der Waals surface area contributed by atoms with E-state index < -0.39 is 10.0 Å². The summed E-state index contributed by atoms with van der Waals surface area (Å²) in [7, 11) is -0.353. The number of sulfonamides is 1. The lowest BCUT2D eigenvalue weighted by Crippen LogP contribution is -2.38. The Morgan fingerprint density at radius 3 is 2.30 bits per heavy atom. The van der Waals surface area contributed by atoms with Crippen LogP contribution in [0.5, 0.6) is 17.2 Å². The molecule has 2 aromatic rings. The third-order valence-electron chi connectivity index (χ3n) is 4.50. The van der Waals surface area contributed by atoms with Crippen LogP contribution in [0.1, 0.15) is 11.1 Å². The van der Waals surface area contributed by atoms with Crippen molar-refractivity contribution in [2.75, 3.05) is 33.1 Å². The predicted molar refractivity (Wildman–Crippen MR) is 99.3 cm³/mol. The van der Waals surface area contributed by atoms with Crippen molar-refractivity contribution in [3.05, 3.63) is 53.3 Å². The number of hydrogen-bond donors (Lipinski definition) is 0. The largest absolute Gasteiger partial charge is 0.493 e. The Morgan fingerprint density at radius 1 is 1.04 bits per heavy atom. The zero-order valence-corrected chi connectivity index (χ0v) is 16.1. The Morgan fingerprint density at radius 2 is 1.67 bits per heavy atom. The molecule has 0 fully saturated rings. The molecule has 0 radical (unpaired) electrons. The molecule has 27 heavy (non-hydrogen) atoms. The zero-order chi connectivity index (χ0) is 19.4. The first-order valence-electron chi connectivity index (χ1n) is 8.53. The fraction of sp³-hybridized carbons (Fsp3) is 0.368. The summed E-state index contributed by atoms with van der Waals surface area (Å²) in [5, 5.41) is 0. The van der Waals surface area contributed by atoms with Crippen molar-refractivity contribution >= 4 is 10.0 Å². The average Bonchev–Trinajstić information content (AvgIpc) is 2.67. The minimum absolute atomic E-state index is 0.00323. The Hall–Kier alpha value is -2.32. The van der Waals surface area contributed by atoms with E-state index in [0.717, 1.165) is 11.1 Å². The first-order chi connectivity index (χ1) is 12.9. The molecule has 0 atom stereocenters. The Balaban J connectivity index is 1.65. The molecule has 0 aromatic heterocycles. The summed E-state index contributed by atoms with van der Waals surface area (Å²) in [6, 6.07) is 9.21. The van der Waals surface area contributed by atoms with Crippen LogP contribution in [-0.4, -0.2) is 45.8 Å². The number of hydrogen-bond acceptors (Lipinski definition) is 5. The predicted octanol–water partition coefficient (Wildman–Crippen LogP) is 2.61. The van der Waals surface area contributed by atoms with Crippen molar-refractivity contribution in [1.29, 1.82) is 0 Å². The van der Waals surface area contributed by atoms with E-state index in [2.05, 4.69) is 0 Å². The Kier molecular flexibility index (Phi) is 5.86. The molecule has 0 unspecified atom stereocenters. The number of rotatable bonds is 7. The molecule has 0 saturated heterocycles. The van der Waals surface area contributed by atoms with Crippen LogP contribution in [0.2, 0.25) is 0 Å². The second kappa shape index (κ2) is 8.14. The van der Waals surface area contributed by atoms with Crippen LogP contribution < -0.4 is 14.2 Å². The highest BCUT2D eigenvalue weighted by molar-refractivity contribution is 7.89. The molecule has 0 N–H and O–H groups in total. The van der Waals surface area contributed by atoms with E-state index in [4.69, 9.17) is 14.2 Å². The van der Waals surface area contributed by atoms with E-state index in [1.165, 1.54) is 28.6 Å². The van der Waals surface area contributed by atoms with Crippen LogP contribution in [0, 0.1) is 5.82 Å². The lowest BCUT2D eigenvalue weighted by molar-refractivity contribution is 0.329. The van der Waals surface area contributed by atoms with Gasteiger partial charge in [0, 0.05) is 13.1 Å². The molecule has 0 amide bonds. The van der Waals surface area contributed by atoms with Crippen LogP contribution in [0.25, 0.3) is 0 Å². The van der Waals surface area contributed by atoms with Gasteiger partial charge in [-0.2, -0.15) is 4.31 Å². The maximum atomic E-state index is 12.9. The third-order valence-corrected chi connectivity index (χ3v) is 6.28. The first-order valence-corrected chi connectivity index (χ1v) is 10.1. The minimum atomic E-state index is -3.48. The molecular weight excluding hydrogens is 373 g/mol. The van der Waals surface area contributed by atoms with Crippen molar-refractivity contribution in [1.82, 2.24) is 4.31 Å². The van der Waals surface area contributed by atoms with Crippen molar-refractivity contribution in [3.63, 3.8) is 0 Å². The van der Waals surface area contributed by atoms with E-state index >= 15 is 0 Å². The summed E-state index contributed by atoms with van der Waals surface area (Å²) in [5.74, 6) is 1.14. The molecule has 2 aromatic carbocycles. The van der Waals surface area contributed by atoms with Gasteiger partial charge in [0.2, 0.25) is 10.0 Å². The maximum Gasteiger partial charge on any atom is 0.217 e. The van der Waals surface area contributed by atoms with Crippen molar-refractivity contribution < 1.29 is 27.0 Å². The van der Waals surface area contributed by atoms with Crippen LogP contribution >= 0.6 is 0 Å². The van der Waals surface area contributed by atoms with Gasteiger partial charge in [-0.15, -0.1) is 0 Å². The van der Waals surface area contributed by atoms with E-state index in [1.54, 1.807) is 14.2 Å². The smallest absolute Gasteiger partial charge is 0.217 e. The van der Waals surface area contributed by atoms with Gasteiger partial charge in [-0.1, -0.05) is 0 Å². The molecule has 3 rings (SSSR count). The summed E-state index contributed by atoms with van der Waals surface area (Å²) in [6.45, 7) is 0.694. The Bertz CT molecular complexity index is 899. The van der Waals surface area contributed by atoms with E-state index in [0.29, 0.717) is 30.2 Å². The van der Waals surface area contributed by atoms with E-state index in [1.807, 2.05) is 12.1 Å². The number of benzene rings is 2. The van der Waals surface area contributed by atoms with Crippen LogP contribution in [0.4, 0.5) is 4.39 Å². The van der Waals surface area contributed by atoms with Gasteiger partial charge >= 0.3 is 0 Å². The number of nitrogens with zero attached hydrogens (tertiary/aromatic N) is 1. The number of ether oxygens (including phenoxy) is 3. The second-order valence-corrected chi connectivity index (χ2v) is 8.27. The topological polar surface area (TPSA) is 65.1 Å². The van der Waals surface area contributed by atoms with Crippen molar-refractivity contribution in [3.8, 4) is 17.2 Å². The second-order valence-electron chi connectivity index (χ2n) is 6.18. The maximum absolute atomic E-state index is 12.9. The van der Waals surface area contributed by atoms with E-state index in [9.17, 15) is 12.8 Å². The zero-order valence-electron chi connectivity index (χ0n) is 15.3. The molecule has 0 aliphatic carbocycles. The first kappa shape index (κ1) is 19.4. The van der Waals surface area contributed by atoms with Gasteiger partial charge in [-0.3, -0.25) is 0 Å². The third kappa shape index (κ3) is 4.51. The van der Waals surface area contributed by atoms with Crippen molar-refractivity contribution in [2.45, 2.75) is 13.0 Å². The highest BCUT2D eigenvalue weighted by atomic mass is 32.2. The molecule has 0 bridgehead atoms. The normalized spacial score (nSPS) is 14.5. The summed E-state index contributed by atoms with van der Waals surface area (Å²) >= 11 is 0. The summed E-state index contributed by atoms with van der Waals surface area (Å²) in [6.07, 6.45) is 0.605. The van der Waals surface area contributed by atoms with Gasteiger partial charge in [0.25, 0.3) is 0 Å². The molecule has 8 heteroatoms. The molecule has 146 valence electrons. The number of methoxy groups -OCH3 is 2. The van der Waals surface area contributed by atoms with Gasteiger partial charge < -0.3 is 14.2 Å². The number of halogens is 1. The van der Waals surface area contributed by atoms with Crippen LogP contribution in [0.3, 0.4) is 0 Å². The van der Waals surface area contributed by atoms with Gasteiger partial charge in [0.05, 0.1) is 20.0 Å². The van der Waals surface area contributed by atoms with Gasteiger partial charge in [-0.05, 0) is 53.9 Å². The van der Waals surface area contributed by atoms with Gasteiger partial charge in [0.15, 0.2) is 11.5 Å². The molecule has 0 spiro atoms. The highest BCUT2D eigenvalue weighted by Gasteiger charge is 2.27. The quantitative estimate of drug-likeness (QED) is 0.721. The number of fused-ring (bicyclic) bond motifs is 1. The van der Waals surface area contributed by atoms with Gasteiger partial charge in [-0.25, -0.2) is 12.8 Å². The fourth-order valence-corrected chi connectivity index (χ4v) is 4.28. The molecule has 6 nitrogen and oxygen atoms in total. The lowest BCUT2D eigenvalue weighted by atomic mass is 10.0. The van der Waals surface area contributed by atoms with Crippen LogP contribution in [0.15, 0.2) is 36.4 Å². The van der Waals surface area contributed by atoms with E-state index in [-0.39, 0.29) is 24.7 Å². The SMILES string of the molecule is COc1cc2c(cc1OC)CN(S(=O)(=O)CCOc1ccc(F)cc1)CC2. The minimum Gasteiger partial charge on any atom is -0.493 e. The molecule has 1 heterocycles. The average molecular weight is 395 g/mol.